The van der Waals surface area contributed by atoms with Crippen LogP contribution >= 0.6 is 22.6 Å². The molecule has 0 aromatic heterocycles. The first kappa shape index (κ1) is 13.8. The average Bonchev–Trinajstić information content (AvgIpc) is 2.39. The molecule has 0 heterocycles. The van der Waals surface area contributed by atoms with E-state index < -0.39 is 5.97 Å². The second kappa shape index (κ2) is 6.01. The van der Waals surface area contributed by atoms with Crippen LogP contribution in [0.2, 0.25) is 0 Å². The van der Waals surface area contributed by atoms with Crippen molar-refractivity contribution in [2.75, 3.05) is 0 Å². The van der Waals surface area contributed by atoms with Gasteiger partial charge in [0, 0.05) is 5.56 Å². The van der Waals surface area contributed by atoms with Crippen LogP contribution in [0.15, 0.2) is 42.5 Å². The Bertz CT molecular complexity index is 613. The lowest BCUT2D eigenvalue weighted by Gasteiger charge is -2.09. The first-order valence-electron chi connectivity index (χ1n) is 5.47. The average molecular weight is 372 g/mol. The highest BCUT2D eigenvalue weighted by Crippen LogP contribution is 2.23. The molecular formula is C14H10FIO3. The fraction of sp³-hybridized carbons (Fsp3) is 0.0714. The standard InChI is InChI=1S/C14H10FIO3/c15-11-4-2-1-3-10(11)8-19-13-6-5-9(14(17)18)7-12(13)16/h1-7H,8H2,(H,17,18). The van der Waals surface area contributed by atoms with E-state index in [0.717, 1.165) is 0 Å². The van der Waals surface area contributed by atoms with E-state index in [9.17, 15) is 9.18 Å². The van der Waals surface area contributed by atoms with Gasteiger partial charge in [-0.3, -0.25) is 0 Å². The molecule has 0 fully saturated rings. The van der Waals surface area contributed by atoms with E-state index in [1.54, 1.807) is 24.3 Å². The van der Waals surface area contributed by atoms with E-state index in [0.29, 0.717) is 14.9 Å². The summed E-state index contributed by atoms with van der Waals surface area (Å²) in [5.41, 5.74) is 0.656. The van der Waals surface area contributed by atoms with E-state index >= 15 is 0 Å². The lowest BCUT2D eigenvalue weighted by Crippen LogP contribution is -2.01. The molecule has 2 aromatic rings. The third kappa shape index (κ3) is 3.44. The van der Waals surface area contributed by atoms with Crippen LogP contribution in [0.25, 0.3) is 0 Å². The first-order chi connectivity index (χ1) is 9.08. The molecule has 0 spiro atoms. The molecule has 0 atom stereocenters. The first-order valence-corrected chi connectivity index (χ1v) is 6.55. The van der Waals surface area contributed by atoms with Crippen molar-refractivity contribution < 1.29 is 19.0 Å². The quantitative estimate of drug-likeness (QED) is 0.833. The second-order valence-electron chi connectivity index (χ2n) is 3.83. The van der Waals surface area contributed by atoms with Crippen molar-refractivity contribution in [1.82, 2.24) is 0 Å². The Kier molecular flexibility index (Phi) is 4.36. The normalized spacial score (nSPS) is 10.2. The minimum absolute atomic E-state index is 0.106. The van der Waals surface area contributed by atoms with Gasteiger partial charge in [0.2, 0.25) is 0 Å². The van der Waals surface area contributed by atoms with Crippen LogP contribution in [0.4, 0.5) is 4.39 Å². The largest absolute Gasteiger partial charge is 0.488 e. The van der Waals surface area contributed by atoms with Gasteiger partial charge >= 0.3 is 5.97 Å². The minimum atomic E-state index is -0.987. The van der Waals surface area contributed by atoms with Gasteiger partial charge in [0.25, 0.3) is 0 Å². The van der Waals surface area contributed by atoms with Crippen LogP contribution in [-0.2, 0) is 6.61 Å². The van der Waals surface area contributed by atoms with Crippen molar-refractivity contribution in [2.24, 2.45) is 0 Å². The van der Waals surface area contributed by atoms with Crippen molar-refractivity contribution >= 4 is 28.6 Å². The predicted molar refractivity (Wildman–Crippen MR) is 76.9 cm³/mol. The van der Waals surface area contributed by atoms with Crippen LogP contribution in [0, 0.1) is 9.39 Å². The molecule has 0 radical (unpaired) electrons. The zero-order valence-corrected chi connectivity index (χ0v) is 11.9. The van der Waals surface area contributed by atoms with Gasteiger partial charge in [-0.1, -0.05) is 18.2 Å². The molecule has 0 unspecified atom stereocenters. The Hall–Kier alpha value is -1.63. The number of carboxylic acid groups (broad SMARTS) is 1. The minimum Gasteiger partial charge on any atom is -0.488 e. The summed E-state index contributed by atoms with van der Waals surface area (Å²) in [4.78, 5) is 10.8. The summed E-state index contributed by atoms with van der Waals surface area (Å²) in [7, 11) is 0. The molecule has 0 aliphatic rings. The van der Waals surface area contributed by atoms with E-state index in [1.807, 2.05) is 22.6 Å². The number of benzene rings is 2. The van der Waals surface area contributed by atoms with E-state index in [1.165, 1.54) is 18.2 Å². The van der Waals surface area contributed by atoms with Crippen molar-refractivity contribution in [2.45, 2.75) is 6.61 Å². The summed E-state index contributed by atoms with van der Waals surface area (Å²) >= 11 is 1.99. The third-order valence-electron chi connectivity index (χ3n) is 2.52. The van der Waals surface area contributed by atoms with Gasteiger partial charge in [-0.15, -0.1) is 0 Å². The molecule has 3 nitrogen and oxygen atoms in total. The number of aromatic carboxylic acids is 1. The molecule has 1 N–H and O–H groups in total. The summed E-state index contributed by atoms with van der Waals surface area (Å²) in [6.45, 7) is 0.106. The molecule has 5 heteroatoms. The molecule has 0 aliphatic carbocycles. The SMILES string of the molecule is O=C(O)c1ccc(OCc2ccccc2F)c(I)c1. The smallest absolute Gasteiger partial charge is 0.335 e. The van der Waals surface area contributed by atoms with E-state index in [-0.39, 0.29) is 18.0 Å². The molecule has 0 saturated heterocycles. The summed E-state index contributed by atoms with van der Waals surface area (Å²) in [5.74, 6) is -0.771. The molecule has 2 rings (SSSR count). The lowest BCUT2D eigenvalue weighted by molar-refractivity contribution is 0.0696. The van der Waals surface area contributed by atoms with Crippen LogP contribution in [0.5, 0.6) is 5.75 Å². The van der Waals surface area contributed by atoms with Gasteiger partial charge in [-0.05, 0) is 46.9 Å². The van der Waals surface area contributed by atoms with Crippen LogP contribution < -0.4 is 4.74 Å². The monoisotopic (exact) mass is 372 g/mol. The van der Waals surface area contributed by atoms with Gasteiger partial charge in [0.05, 0.1) is 9.13 Å². The van der Waals surface area contributed by atoms with E-state index in [4.69, 9.17) is 9.84 Å². The molecule has 2 aromatic carbocycles. The van der Waals surface area contributed by atoms with Crippen LogP contribution in [0.3, 0.4) is 0 Å². The Morgan fingerprint density at radius 2 is 2.00 bits per heavy atom. The lowest BCUT2D eigenvalue weighted by atomic mass is 10.2. The maximum atomic E-state index is 13.4. The summed E-state index contributed by atoms with van der Waals surface area (Å²) in [6.07, 6.45) is 0. The predicted octanol–water partition coefficient (Wildman–Crippen LogP) is 3.71. The number of hydrogen-bond donors (Lipinski definition) is 1. The van der Waals surface area contributed by atoms with Gasteiger partial charge < -0.3 is 9.84 Å². The Morgan fingerprint density at radius 3 is 2.63 bits per heavy atom. The summed E-state index contributed by atoms with van der Waals surface area (Å²) in [6, 6.07) is 10.9. The molecule has 0 saturated carbocycles. The fourth-order valence-corrected chi connectivity index (χ4v) is 2.19. The van der Waals surface area contributed by atoms with Crippen LogP contribution in [-0.4, -0.2) is 11.1 Å². The molecule has 0 amide bonds. The highest BCUT2D eigenvalue weighted by Gasteiger charge is 2.08. The maximum Gasteiger partial charge on any atom is 0.335 e. The highest BCUT2D eigenvalue weighted by molar-refractivity contribution is 14.1. The number of rotatable bonds is 4. The number of carboxylic acids is 1. The number of hydrogen-bond acceptors (Lipinski definition) is 2. The maximum absolute atomic E-state index is 13.4. The van der Waals surface area contributed by atoms with Crippen molar-refractivity contribution in [3.05, 3.63) is 63.0 Å². The summed E-state index contributed by atoms with van der Waals surface area (Å²) < 4.78 is 19.6. The number of ether oxygens (including phenoxy) is 1. The molecule has 0 aliphatic heterocycles. The molecular weight excluding hydrogens is 362 g/mol. The fourth-order valence-electron chi connectivity index (χ4n) is 1.52. The Labute approximate surface area is 123 Å². The zero-order chi connectivity index (χ0) is 13.8. The molecule has 0 bridgehead atoms. The number of carbonyl (C=O) groups is 1. The molecule has 98 valence electrons. The zero-order valence-electron chi connectivity index (χ0n) is 9.77. The Balaban J connectivity index is 2.12. The highest BCUT2D eigenvalue weighted by atomic mass is 127. The Morgan fingerprint density at radius 1 is 1.26 bits per heavy atom. The van der Waals surface area contributed by atoms with Gasteiger partial charge in [0.1, 0.15) is 18.2 Å². The number of halogens is 2. The van der Waals surface area contributed by atoms with E-state index in [2.05, 4.69) is 0 Å². The van der Waals surface area contributed by atoms with Crippen molar-refractivity contribution in [3.8, 4) is 5.75 Å². The third-order valence-corrected chi connectivity index (χ3v) is 3.36. The van der Waals surface area contributed by atoms with Gasteiger partial charge in [0.15, 0.2) is 0 Å². The van der Waals surface area contributed by atoms with Crippen molar-refractivity contribution in [3.63, 3.8) is 0 Å². The molecule has 19 heavy (non-hydrogen) atoms. The summed E-state index contributed by atoms with van der Waals surface area (Å²) in [5, 5.41) is 8.85. The van der Waals surface area contributed by atoms with Crippen molar-refractivity contribution in [1.29, 1.82) is 0 Å². The topological polar surface area (TPSA) is 46.5 Å². The van der Waals surface area contributed by atoms with Gasteiger partial charge in [-0.2, -0.15) is 0 Å². The van der Waals surface area contributed by atoms with Crippen LogP contribution in [0.1, 0.15) is 15.9 Å². The second-order valence-corrected chi connectivity index (χ2v) is 4.99. The van der Waals surface area contributed by atoms with Gasteiger partial charge in [-0.25, -0.2) is 9.18 Å².